The van der Waals surface area contributed by atoms with Gasteiger partial charge in [-0.1, -0.05) is 12.7 Å². The summed E-state index contributed by atoms with van der Waals surface area (Å²) in [5.41, 5.74) is -6.50. The van der Waals surface area contributed by atoms with Crippen LogP contribution in [-0.4, -0.2) is 78.4 Å². The number of nitrogens with two attached hydrogens (primary N) is 1. The van der Waals surface area contributed by atoms with Gasteiger partial charge < -0.3 is 28.8 Å². The van der Waals surface area contributed by atoms with Crippen LogP contribution < -0.4 is 25.9 Å². The van der Waals surface area contributed by atoms with Crippen molar-refractivity contribution < 1.29 is 73.4 Å². The van der Waals surface area contributed by atoms with E-state index in [1.54, 1.807) is 64.2 Å². The Balaban J connectivity index is 0.00000144. The molecule has 1 heterocycles. The van der Waals surface area contributed by atoms with E-state index in [1.165, 1.54) is 18.2 Å². The second kappa shape index (κ2) is 18.7. The van der Waals surface area contributed by atoms with Gasteiger partial charge in [-0.2, -0.15) is 28.0 Å². The summed E-state index contributed by atoms with van der Waals surface area (Å²) in [4.78, 5) is 41.3. The Morgan fingerprint density at radius 3 is 2.14 bits per heavy atom. The van der Waals surface area contributed by atoms with Crippen LogP contribution in [0.5, 0.6) is 5.75 Å². The van der Waals surface area contributed by atoms with E-state index in [0.717, 1.165) is 6.07 Å². The van der Waals surface area contributed by atoms with Crippen molar-refractivity contribution in [2.45, 2.75) is 77.3 Å². The van der Waals surface area contributed by atoms with E-state index < -0.39 is 56.9 Å². The first-order valence-corrected chi connectivity index (χ1v) is 16.3. The summed E-state index contributed by atoms with van der Waals surface area (Å²) in [6.07, 6.45) is 1.09. The molecule has 0 bridgehead atoms. The third-order valence-corrected chi connectivity index (χ3v) is 6.34. The fourth-order valence-electron chi connectivity index (χ4n) is 3.68. The van der Waals surface area contributed by atoms with Gasteiger partial charge >= 0.3 is 29.5 Å². The Morgan fingerprint density at radius 2 is 1.65 bits per heavy atom. The van der Waals surface area contributed by atoms with Crippen molar-refractivity contribution in [1.82, 2.24) is 10.00 Å². The molecule has 0 saturated heterocycles. The van der Waals surface area contributed by atoms with E-state index in [9.17, 15) is 27.6 Å². The lowest BCUT2D eigenvalue weighted by Gasteiger charge is -2.23. The normalized spacial score (nSPS) is 12.5. The number of hydrogen-bond donors (Lipinski definition) is 3. The Hall–Kier alpha value is -4.47. The minimum absolute atomic E-state index is 0.0148. The molecule has 0 aliphatic rings. The summed E-state index contributed by atoms with van der Waals surface area (Å²) in [7, 11) is -4.40. The molecule has 4 N–H and O–H groups in total. The number of amides is 2. The third kappa shape index (κ3) is 16.0. The van der Waals surface area contributed by atoms with Gasteiger partial charge in [0.1, 0.15) is 43.0 Å². The monoisotopic (exact) mass is 757 g/mol. The molecule has 2 rings (SSSR count). The summed E-state index contributed by atoms with van der Waals surface area (Å²) in [5.74, 6) is 4.24. The average molecular weight is 758 g/mol. The molecule has 0 spiro atoms. The summed E-state index contributed by atoms with van der Waals surface area (Å²) in [6, 6.07) is 4.11. The van der Waals surface area contributed by atoms with Crippen LogP contribution in [0.1, 0.15) is 48.0 Å². The van der Waals surface area contributed by atoms with Gasteiger partial charge in [0.25, 0.3) is 0 Å². The number of aromatic nitrogens is 2. The molecule has 0 saturated carbocycles. The molecule has 2 amide bonds. The number of ether oxygens (including phenoxy) is 4. The highest BCUT2D eigenvalue weighted by atomic mass is 32.2. The number of nitrogens with one attached hydrogen (secondary N) is 2. The second-order valence-electron chi connectivity index (χ2n) is 12.4. The predicted octanol–water partition coefficient (Wildman–Crippen LogP) is 3.80. The largest absolute Gasteiger partial charge is 0.741 e. The van der Waals surface area contributed by atoms with Crippen LogP contribution in [0.4, 0.5) is 33.0 Å². The molecule has 1 atom stereocenters. The van der Waals surface area contributed by atoms with Crippen molar-refractivity contribution in [3.05, 3.63) is 42.9 Å². The van der Waals surface area contributed by atoms with E-state index >= 15 is 4.39 Å². The highest BCUT2D eigenvalue weighted by Gasteiger charge is 2.37. The molecular formula is C30H43F4N5O11S. The lowest BCUT2D eigenvalue weighted by Crippen LogP contribution is -2.42. The van der Waals surface area contributed by atoms with Crippen molar-refractivity contribution in [1.29, 1.82) is 0 Å². The van der Waals surface area contributed by atoms with Crippen LogP contribution in [0.15, 0.2) is 37.1 Å². The van der Waals surface area contributed by atoms with Gasteiger partial charge in [0.05, 0.1) is 18.3 Å². The maximum absolute atomic E-state index is 15.5. The Morgan fingerprint density at radius 1 is 1.06 bits per heavy atom. The first-order valence-electron chi connectivity index (χ1n) is 14.9. The zero-order valence-electron chi connectivity index (χ0n) is 29.1. The highest BCUT2D eigenvalue weighted by Crippen LogP contribution is 2.31. The Kier molecular flexibility index (Phi) is 16.3. The minimum atomic E-state index is -6.09. The summed E-state index contributed by atoms with van der Waals surface area (Å²) in [5, 5.41) is 5.34. The van der Waals surface area contributed by atoms with Gasteiger partial charge in [-0.15, -0.1) is 0 Å². The van der Waals surface area contributed by atoms with Crippen molar-refractivity contribution in [3.63, 3.8) is 0 Å². The molecule has 0 radical (unpaired) electrons. The number of nitrogens with zero attached hydrogens (tertiary/aromatic N) is 2. The molecule has 16 nitrogen and oxygen atoms in total. The second-order valence-corrected chi connectivity index (χ2v) is 13.8. The van der Waals surface area contributed by atoms with Crippen molar-refractivity contribution in [3.8, 4) is 16.9 Å². The van der Waals surface area contributed by atoms with E-state index in [-0.39, 0.29) is 30.3 Å². The number of halogens is 4. The maximum atomic E-state index is 15.5. The number of anilines is 1. The zero-order valence-corrected chi connectivity index (χ0v) is 29.9. The molecule has 51 heavy (non-hydrogen) atoms. The standard InChI is InChI=1S/C29H42FN5O8.CHF3O3S/c1-9-15-39-27(38)33-24-21(17-35(34(24)8)14-10-13-32-26(37)42-29(5,6)7)20-12-11-19(16-22(20)30)40-18-23(43-31)25(36)41-28(2,3)4;2-1(3,4)8(5,6)7/h9,11-12,16-17,23H,1,10,13-15,18,31H2,2-8H3,(H,32,37);(H,5,6,7)/t23-;/m0./s1. The van der Waals surface area contributed by atoms with E-state index in [2.05, 4.69) is 22.1 Å². The van der Waals surface area contributed by atoms with Gasteiger partial charge in [0, 0.05) is 18.2 Å². The quantitative estimate of drug-likeness (QED) is 0.0306. The lowest BCUT2D eigenvalue weighted by molar-refractivity contribution is -0.740. The average Bonchev–Trinajstić information content (AvgIpc) is 3.26. The molecular weight excluding hydrogens is 714 g/mol. The smallest absolute Gasteiger partial charge is 0.505 e. The molecule has 0 aliphatic carbocycles. The summed E-state index contributed by atoms with van der Waals surface area (Å²) < 4.78 is 98.8. The van der Waals surface area contributed by atoms with Crippen molar-refractivity contribution in [2.75, 3.05) is 25.1 Å². The summed E-state index contributed by atoms with van der Waals surface area (Å²) in [6.45, 7) is 14.3. The molecule has 1 aromatic heterocycles. The zero-order chi connectivity index (χ0) is 39.4. The lowest BCUT2D eigenvalue weighted by atomic mass is 10.1. The van der Waals surface area contributed by atoms with Crippen molar-refractivity contribution >= 4 is 34.1 Å². The topological polar surface area (TPSA) is 213 Å². The van der Waals surface area contributed by atoms with E-state index in [1.807, 2.05) is 0 Å². The van der Waals surface area contributed by atoms with Gasteiger partial charge in [0.15, 0.2) is 10.1 Å². The fraction of sp³-hybridized carbons (Fsp3) is 0.533. The molecule has 288 valence electrons. The number of benzene rings is 1. The minimum Gasteiger partial charge on any atom is -0.741 e. The van der Waals surface area contributed by atoms with Crippen LogP contribution >= 0.6 is 0 Å². The van der Waals surface area contributed by atoms with Crippen LogP contribution in [0.25, 0.3) is 11.1 Å². The number of esters is 1. The number of hydrogen-bond acceptors (Lipinski definition) is 12. The highest BCUT2D eigenvalue weighted by molar-refractivity contribution is 7.86. The van der Waals surface area contributed by atoms with E-state index in [4.69, 9.17) is 37.8 Å². The number of carbonyl (C=O) groups excluding carboxylic acids is 3. The van der Waals surface area contributed by atoms with Crippen LogP contribution in [-0.2, 0) is 47.6 Å². The number of alkyl halides is 3. The molecule has 1 aromatic carbocycles. The number of carbonyl (C=O) groups is 3. The molecule has 0 aliphatic heterocycles. The molecule has 0 unspecified atom stereocenters. The summed E-state index contributed by atoms with van der Waals surface area (Å²) >= 11 is 0. The number of aryl methyl sites for hydroxylation is 1. The van der Waals surface area contributed by atoms with E-state index in [0.29, 0.717) is 25.1 Å². The van der Waals surface area contributed by atoms with Gasteiger partial charge in [-0.05, 0) is 60.1 Å². The first-order chi connectivity index (χ1) is 23.3. The van der Waals surface area contributed by atoms with Gasteiger partial charge in [-0.25, -0.2) is 33.0 Å². The maximum Gasteiger partial charge on any atom is 0.505 e. The van der Waals surface area contributed by atoms with Crippen LogP contribution in [0.2, 0.25) is 0 Å². The number of alkyl carbamates (subject to hydrolysis) is 1. The number of rotatable bonds is 13. The molecule has 2 aromatic rings. The molecule has 21 heteroatoms. The molecule has 0 fully saturated rings. The van der Waals surface area contributed by atoms with Crippen LogP contribution in [0, 0.1) is 5.82 Å². The van der Waals surface area contributed by atoms with Gasteiger partial charge in [-0.3, -0.25) is 4.84 Å². The first kappa shape index (κ1) is 44.6. The van der Waals surface area contributed by atoms with Crippen LogP contribution in [0.3, 0.4) is 0 Å². The van der Waals surface area contributed by atoms with Crippen molar-refractivity contribution in [2.24, 2.45) is 12.9 Å². The SMILES string of the molecule is C=CCOC(=O)Nc1c(-c2ccc(OC[C@H](ON)C(=O)OC(C)(C)C)cc2F)cn(CCCNC(=O)OC(C)(C)C)[n+]1C.O=S(=O)([O-])C(F)(F)F. The predicted molar refractivity (Wildman–Crippen MR) is 171 cm³/mol. The third-order valence-electron chi connectivity index (χ3n) is 5.78. The Labute approximate surface area is 292 Å². The fourth-order valence-corrected chi connectivity index (χ4v) is 3.68. The van der Waals surface area contributed by atoms with Gasteiger partial charge in [0.2, 0.25) is 6.10 Å². The Bertz CT molecular complexity index is 1620.